The number of nitrogens with zero attached hydrogens (tertiary/aromatic N) is 1. The summed E-state index contributed by atoms with van der Waals surface area (Å²) in [5, 5.41) is 7.27. The molecule has 2 N–H and O–H groups in total. The summed E-state index contributed by atoms with van der Waals surface area (Å²) in [6.45, 7) is 3.76. The average molecular weight is 225 g/mol. The van der Waals surface area contributed by atoms with E-state index in [1.807, 2.05) is 0 Å². The second-order valence-electron chi connectivity index (χ2n) is 5.54. The smallest absolute Gasteiger partial charge is 0.0258 e. The van der Waals surface area contributed by atoms with Crippen LogP contribution in [0.4, 0.5) is 0 Å². The van der Waals surface area contributed by atoms with E-state index in [9.17, 15) is 0 Å². The van der Waals surface area contributed by atoms with Gasteiger partial charge in [0.2, 0.25) is 0 Å². The quantitative estimate of drug-likeness (QED) is 0.752. The maximum atomic E-state index is 3.70. The fourth-order valence-corrected chi connectivity index (χ4v) is 3.45. The molecule has 3 nitrogen and oxygen atoms in total. The van der Waals surface area contributed by atoms with E-state index in [4.69, 9.17) is 0 Å². The van der Waals surface area contributed by atoms with Gasteiger partial charge in [0.25, 0.3) is 0 Å². The van der Waals surface area contributed by atoms with Crippen LogP contribution < -0.4 is 10.6 Å². The number of rotatable bonds is 3. The Morgan fingerprint density at radius 2 is 2.12 bits per heavy atom. The van der Waals surface area contributed by atoms with E-state index in [0.29, 0.717) is 12.1 Å². The van der Waals surface area contributed by atoms with Gasteiger partial charge in [-0.3, -0.25) is 0 Å². The third kappa shape index (κ3) is 2.96. The number of likely N-dealkylation sites (N-methyl/N-ethyl adjacent to an activating group) is 1. The molecule has 0 saturated carbocycles. The van der Waals surface area contributed by atoms with Gasteiger partial charge in [-0.2, -0.15) is 0 Å². The molecule has 0 bridgehead atoms. The molecule has 3 unspecified atom stereocenters. The molecule has 0 aromatic rings. The van der Waals surface area contributed by atoms with Crippen molar-refractivity contribution in [3.05, 3.63) is 0 Å². The highest BCUT2D eigenvalue weighted by Gasteiger charge is 2.31. The second kappa shape index (κ2) is 5.99. The van der Waals surface area contributed by atoms with Crippen molar-refractivity contribution in [1.82, 2.24) is 15.5 Å². The molecule has 16 heavy (non-hydrogen) atoms. The minimum Gasteiger partial charge on any atom is -0.315 e. The first-order valence-electron chi connectivity index (χ1n) is 6.90. The number of hydrogen-bond donors (Lipinski definition) is 2. The first-order valence-corrected chi connectivity index (χ1v) is 6.90. The van der Waals surface area contributed by atoms with Crippen LogP contribution in [0.15, 0.2) is 0 Å². The SMILES string of the molecule is CNC(C1CCCN(C)C1)C1CCCCN1. The predicted octanol–water partition coefficient (Wildman–Crippen LogP) is 1.06. The summed E-state index contributed by atoms with van der Waals surface area (Å²) < 4.78 is 0. The molecule has 0 spiro atoms. The van der Waals surface area contributed by atoms with Crippen LogP contribution in [0.25, 0.3) is 0 Å². The van der Waals surface area contributed by atoms with Crippen LogP contribution in [0.3, 0.4) is 0 Å². The van der Waals surface area contributed by atoms with Gasteiger partial charge in [0, 0.05) is 18.6 Å². The summed E-state index contributed by atoms with van der Waals surface area (Å²) in [6, 6.07) is 1.37. The lowest BCUT2D eigenvalue weighted by Gasteiger charge is -2.40. The summed E-state index contributed by atoms with van der Waals surface area (Å²) in [4.78, 5) is 2.49. The molecule has 2 heterocycles. The van der Waals surface area contributed by atoms with Crippen molar-refractivity contribution in [1.29, 1.82) is 0 Å². The van der Waals surface area contributed by atoms with E-state index < -0.39 is 0 Å². The number of hydrogen-bond acceptors (Lipinski definition) is 3. The van der Waals surface area contributed by atoms with Crippen LogP contribution in [0.1, 0.15) is 32.1 Å². The molecule has 2 saturated heterocycles. The average Bonchev–Trinajstić information content (AvgIpc) is 2.31. The number of nitrogens with one attached hydrogen (secondary N) is 2. The Kier molecular flexibility index (Phi) is 4.62. The summed E-state index contributed by atoms with van der Waals surface area (Å²) >= 11 is 0. The summed E-state index contributed by atoms with van der Waals surface area (Å²) in [7, 11) is 4.39. The highest BCUT2D eigenvalue weighted by atomic mass is 15.1. The molecular weight excluding hydrogens is 198 g/mol. The molecule has 2 aliphatic rings. The van der Waals surface area contributed by atoms with Gasteiger partial charge in [-0.15, -0.1) is 0 Å². The van der Waals surface area contributed by atoms with Crippen molar-refractivity contribution in [2.75, 3.05) is 33.7 Å². The second-order valence-corrected chi connectivity index (χ2v) is 5.54. The molecule has 3 atom stereocenters. The molecule has 2 fully saturated rings. The van der Waals surface area contributed by atoms with Crippen molar-refractivity contribution in [3.63, 3.8) is 0 Å². The van der Waals surface area contributed by atoms with E-state index >= 15 is 0 Å². The van der Waals surface area contributed by atoms with Crippen molar-refractivity contribution in [2.24, 2.45) is 5.92 Å². The molecule has 0 amide bonds. The van der Waals surface area contributed by atoms with Crippen molar-refractivity contribution < 1.29 is 0 Å². The Hall–Kier alpha value is -0.120. The Balaban J connectivity index is 1.91. The zero-order chi connectivity index (χ0) is 11.4. The van der Waals surface area contributed by atoms with Crippen LogP contribution in [-0.2, 0) is 0 Å². The Labute approximate surface area is 100.0 Å². The molecule has 0 aromatic heterocycles. The van der Waals surface area contributed by atoms with E-state index in [2.05, 4.69) is 29.6 Å². The van der Waals surface area contributed by atoms with Crippen LogP contribution in [0.5, 0.6) is 0 Å². The van der Waals surface area contributed by atoms with Gasteiger partial charge in [0.15, 0.2) is 0 Å². The summed E-state index contributed by atoms with van der Waals surface area (Å²) in [5.41, 5.74) is 0. The minimum absolute atomic E-state index is 0.669. The molecule has 2 aliphatic heterocycles. The lowest BCUT2D eigenvalue weighted by atomic mass is 9.84. The monoisotopic (exact) mass is 225 g/mol. The zero-order valence-corrected chi connectivity index (χ0v) is 10.8. The van der Waals surface area contributed by atoms with Gasteiger partial charge >= 0.3 is 0 Å². The zero-order valence-electron chi connectivity index (χ0n) is 10.8. The molecular formula is C13H27N3. The molecule has 0 aliphatic carbocycles. The van der Waals surface area contributed by atoms with Crippen LogP contribution in [0.2, 0.25) is 0 Å². The highest BCUT2D eigenvalue weighted by molar-refractivity contribution is 4.91. The summed E-state index contributed by atoms with van der Waals surface area (Å²) in [6.07, 6.45) is 6.88. The van der Waals surface area contributed by atoms with Gasteiger partial charge in [-0.05, 0) is 58.8 Å². The van der Waals surface area contributed by atoms with Gasteiger partial charge in [0.05, 0.1) is 0 Å². The van der Waals surface area contributed by atoms with Gasteiger partial charge < -0.3 is 15.5 Å². The normalized spacial score (nSPS) is 34.9. The fourth-order valence-electron chi connectivity index (χ4n) is 3.45. The maximum Gasteiger partial charge on any atom is 0.0258 e. The van der Waals surface area contributed by atoms with Gasteiger partial charge in [-0.1, -0.05) is 6.42 Å². The largest absolute Gasteiger partial charge is 0.315 e. The molecule has 94 valence electrons. The predicted molar refractivity (Wildman–Crippen MR) is 68.7 cm³/mol. The van der Waals surface area contributed by atoms with E-state index in [1.54, 1.807) is 0 Å². The fraction of sp³-hybridized carbons (Fsp3) is 1.00. The van der Waals surface area contributed by atoms with Crippen LogP contribution >= 0.6 is 0 Å². The third-order valence-corrected chi connectivity index (χ3v) is 4.28. The standard InChI is InChI=1S/C13H27N3/c1-14-13(12-7-3-4-8-15-12)11-6-5-9-16(2)10-11/h11-15H,3-10H2,1-2H3. The van der Waals surface area contributed by atoms with Crippen LogP contribution in [0, 0.1) is 5.92 Å². The van der Waals surface area contributed by atoms with E-state index in [1.165, 1.54) is 51.7 Å². The first kappa shape index (κ1) is 12.3. The number of likely N-dealkylation sites (tertiary alicyclic amines) is 1. The molecule has 0 radical (unpaired) electrons. The minimum atomic E-state index is 0.669. The lowest BCUT2D eigenvalue weighted by molar-refractivity contribution is 0.148. The lowest BCUT2D eigenvalue weighted by Crippen LogP contribution is -2.55. The maximum absolute atomic E-state index is 3.70. The van der Waals surface area contributed by atoms with Gasteiger partial charge in [0.1, 0.15) is 0 Å². The van der Waals surface area contributed by atoms with Gasteiger partial charge in [-0.25, -0.2) is 0 Å². The van der Waals surface area contributed by atoms with Crippen LogP contribution in [-0.4, -0.2) is 50.7 Å². The number of piperidine rings is 2. The molecule has 0 aromatic carbocycles. The summed E-state index contributed by atoms with van der Waals surface area (Å²) in [5.74, 6) is 0.833. The topological polar surface area (TPSA) is 27.3 Å². The van der Waals surface area contributed by atoms with Crippen molar-refractivity contribution in [3.8, 4) is 0 Å². The Morgan fingerprint density at radius 1 is 1.25 bits per heavy atom. The van der Waals surface area contributed by atoms with E-state index in [0.717, 1.165) is 5.92 Å². The van der Waals surface area contributed by atoms with Crippen molar-refractivity contribution in [2.45, 2.75) is 44.2 Å². The first-order chi connectivity index (χ1) is 7.81. The highest BCUT2D eigenvalue weighted by Crippen LogP contribution is 2.23. The Morgan fingerprint density at radius 3 is 2.75 bits per heavy atom. The van der Waals surface area contributed by atoms with E-state index in [-0.39, 0.29) is 0 Å². The molecule has 3 heteroatoms. The third-order valence-electron chi connectivity index (χ3n) is 4.28. The van der Waals surface area contributed by atoms with Crippen molar-refractivity contribution >= 4 is 0 Å². The molecule has 2 rings (SSSR count). The Bertz CT molecular complexity index is 201.